The van der Waals surface area contributed by atoms with Gasteiger partial charge in [0.1, 0.15) is 18.5 Å². The van der Waals surface area contributed by atoms with Crippen LogP contribution >= 0.6 is 0 Å². The predicted molar refractivity (Wildman–Crippen MR) is 76.2 cm³/mol. The fourth-order valence-electron chi connectivity index (χ4n) is 1.71. The van der Waals surface area contributed by atoms with E-state index in [0.29, 0.717) is 24.4 Å². The van der Waals surface area contributed by atoms with Gasteiger partial charge in [-0.05, 0) is 32.5 Å². The van der Waals surface area contributed by atoms with Crippen molar-refractivity contribution in [1.82, 2.24) is 4.90 Å². The molecule has 0 aromatic heterocycles. The lowest BCUT2D eigenvalue weighted by molar-refractivity contribution is 0.0709. The van der Waals surface area contributed by atoms with Gasteiger partial charge in [-0.15, -0.1) is 0 Å². The minimum atomic E-state index is -0.569. The number of nitrogens with two attached hydrogens (primary N) is 1. The van der Waals surface area contributed by atoms with Crippen molar-refractivity contribution in [3.8, 4) is 5.75 Å². The number of ether oxygens (including phenoxy) is 1. The molecule has 2 atom stereocenters. The van der Waals surface area contributed by atoms with Crippen LogP contribution in [0.3, 0.4) is 0 Å². The molecule has 0 heterocycles. The average molecular weight is 268 g/mol. The molecule has 0 aliphatic heterocycles. The van der Waals surface area contributed by atoms with Crippen molar-refractivity contribution < 1.29 is 14.9 Å². The van der Waals surface area contributed by atoms with Crippen molar-refractivity contribution in [2.45, 2.75) is 25.6 Å². The highest BCUT2D eigenvalue weighted by molar-refractivity contribution is 5.43. The molecule has 0 fully saturated rings. The van der Waals surface area contributed by atoms with Gasteiger partial charge >= 0.3 is 0 Å². The number of hydrogen-bond acceptors (Lipinski definition) is 5. The Bertz CT molecular complexity index is 371. The van der Waals surface area contributed by atoms with Gasteiger partial charge < -0.3 is 25.6 Å². The molecule has 0 radical (unpaired) electrons. The maximum absolute atomic E-state index is 9.86. The van der Waals surface area contributed by atoms with Gasteiger partial charge in [-0.25, -0.2) is 0 Å². The second-order valence-electron chi connectivity index (χ2n) is 4.94. The molecule has 1 aromatic rings. The lowest BCUT2D eigenvalue weighted by Crippen LogP contribution is -2.34. The summed E-state index contributed by atoms with van der Waals surface area (Å²) in [6.45, 7) is 3.23. The second-order valence-corrected chi connectivity index (χ2v) is 4.94. The van der Waals surface area contributed by atoms with E-state index in [1.54, 1.807) is 25.1 Å². The Labute approximate surface area is 114 Å². The molecule has 0 saturated heterocycles. The highest BCUT2D eigenvalue weighted by Gasteiger charge is 2.10. The molecule has 19 heavy (non-hydrogen) atoms. The van der Waals surface area contributed by atoms with Crippen molar-refractivity contribution in [2.75, 3.05) is 32.5 Å². The van der Waals surface area contributed by atoms with E-state index in [4.69, 9.17) is 10.5 Å². The molecule has 0 amide bonds. The molecule has 108 valence electrons. The first-order valence-corrected chi connectivity index (χ1v) is 6.50. The molecule has 4 N–H and O–H groups in total. The zero-order valence-electron chi connectivity index (χ0n) is 11.6. The molecule has 5 heteroatoms. The van der Waals surface area contributed by atoms with E-state index in [1.165, 1.54) is 0 Å². The number of likely N-dealkylation sites (N-methyl/N-ethyl adjacent to an activating group) is 1. The molecular formula is C14H24N2O3. The van der Waals surface area contributed by atoms with Crippen LogP contribution in [-0.4, -0.2) is 54.1 Å². The summed E-state index contributed by atoms with van der Waals surface area (Å²) in [7, 11) is 1.91. The summed E-state index contributed by atoms with van der Waals surface area (Å²) in [6, 6.07) is 7.13. The van der Waals surface area contributed by atoms with E-state index in [-0.39, 0.29) is 12.7 Å². The molecule has 0 aliphatic rings. The van der Waals surface area contributed by atoms with E-state index in [1.807, 2.05) is 18.0 Å². The molecule has 1 aromatic carbocycles. The summed E-state index contributed by atoms with van der Waals surface area (Å²) in [4.78, 5) is 1.97. The van der Waals surface area contributed by atoms with E-state index < -0.39 is 6.10 Å². The Morgan fingerprint density at radius 3 is 2.74 bits per heavy atom. The monoisotopic (exact) mass is 268 g/mol. The van der Waals surface area contributed by atoms with Gasteiger partial charge in [0.05, 0.1) is 6.10 Å². The highest BCUT2D eigenvalue weighted by Crippen LogP contribution is 2.14. The third-order valence-corrected chi connectivity index (χ3v) is 2.75. The van der Waals surface area contributed by atoms with Crippen LogP contribution in [0.1, 0.15) is 13.3 Å². The van der Waals surface area contributed by atoms with E-state index in [9.17, 15) is 10.2 Å². The van der Waals surface area contributed by atoms with Crippen LogP contribution in [0.4, 0.5) is 5.69 Å². The van der Waals surface area contributed by atoms with E-state index in [0.717, 1.165) is 6.54 Å². The fraction of sp³-hybridized carbons (Fsp3) is 0.571. The molecule has 5 nitrogen and oxygen atoms in total. The van der Waals surface area contributed by atoms with Gasteiger partial charge in [0.15, 0.2) is 0 Å². The first kappa shape index (κ1) is 15.8. The van der Waals surface area contributed by atoms with Crippen LogP contribution in [0.15, 0.2) is 24.3 Å². The molecule has 0 saturated carbocycles. The smallest absolute Gasteiger partial charge is 0.121 e. The number of aliphatic hydroxyl groups excluding tert-OH is 2. The van der Waals surface area contributed by atoms with E-state index in [2.05, 4.69) is 0 Å². The van der Waals surface area contributed by atoms with Crippen LogP contribution < -0.4 is 10.5 Å². The Balaban J connectivity index is 2.25. The third-order valence-electron chi connectivity index (χ3n) is 2.75. The van der Waals surface area contributed by atoms with Crippen LogP contribution in [0.25, 0.3) is 0 Å². The maximum atomic E-state index is 9.86. The minimum absolute atomic E-state index is 0.225. The van der Waals surface area contributed by atoms with Crippen LogP contribution in [0.2, 0.25) is 0 Å². The van der Waals surface area contributed by atoms with Gasteiger partial charge in [0.2, 0.25) is 0 Å². The molecular weight excluding hydrogens is 244 g/mol. The molecule has 0 spiro atoms. The van der Waals surface area contributed by atoms with Crippen molar-refractivity contribution in [2.24, 2.45) is 0 Å². The summed E-state index contributed by atoms with van der Waals surface area (Å²) in [5.41, 5.74) is 6.28. The second kappa shape index (κ2) is 7.99. The molecule has 0 aliphatic carbocycles. The van der Waals surface area contributed by atoms with Gasteiger partial charge in [0, 0.05) is 24.8 Å². The first-order chi connectivity index (χ1) is 8.97. The summed E-state index contributed by atoms with van der Waals surface area (Å²) in [5.74, 6) is 0.658. The van der Waals surface area contributed by atoms with Crippen molar-refractivity contribution in [1.29, 1.82) is 0 Å². The maximum Gasteiger partial charge on any atom is 0.121 e. The average Bonchev–Trinajstić information content (AvgIpc) is 2.34. The standard InChI is InChI=1S/C14H24N2O3/c1-11(17)6-7-16(2)9-13(18)10-19-14-5-3-4-12(15)8-14/h3-5,8,11,13,17-18H,6-7,9-10,15H2,1-2H3. The number of nitrogen functional groups attached to an aromatic ring is 1. The number of benzene rings is 1. The summed E-state index contributed by atoms with van der Waals surface area (Å²) < 4.78 is 5.47. The fourth-order valence-corrected chi connectivity index (χ4v) is 1.71. The SMILES string of the molecule is CC(O)CCN(C)CC(O)COc1cccc(N)c1. The zero-order valence-corrected chi connectivity index (χ0v) is 11.6. The van der Waals surface area contributed by atoms with Gasteiger partial charge in [-0.1, -0.05) is 6.07 Å². The Morgan fingerprint density at radius 1 is 1.37 bits per heavy atom. The van der Waals surface area contributed by atoms with Crippen molar-refractivity contribution in [3.63, 3.8) is 0 Å². The minimum Gasteiger partial charge on any atom is -0.491 e. The van der Waals surface area contributed by atoms with Gasteiger partial charge in [-0.3, -0.25) is 0 Å². The quantitative estimate of drug-likeness (QED) is 0.605. The topological polar surface area (TPSA) is 79.0 Å². The number of nitrogens with zero attached hydrogens (tertiary/aromatic N) is 1. The van der Waals surface area contributed by atoms with Gasteiger partial charge in [-0.2, -0.15) is 0 Å². The number of hydrogen-bond donors (Lipinski definition) is 3. The largest absolute Gasteiger partial charge is 0.491 e. The highest BCUT2D eigenvalue weighted by atomic mass is 16.5. The molecule has 0 bridgehead atoms. The predicted octanol–water partition coefficient (Wildman–Crippen LogP) is 0.711. The van der Waals surface area contributed by atoms with Crippen molar-refractivity contribution in [3.05, 3.63) is 24.3 Å². The number of rotatable bonds is 8. The van der Waals surface area contributed by atoms with Crippen LogP contribution in [-0.2, 0) is 0 Å². The number of aliphatic hydroxyl groups is 2. The normalized spacial score (nSPS) is 14.4. The Hall–Kier alpha value is -1.30. The van der Waals surface area contributed by atoms with Gasteiger partial charge in [0.25, 0.3) is 0 Å². The van der Waals surface area contributed by atoms with Crippen LogP contribution in [0, 0.1) is 0 Å². The van der Waals surface area contributed by atoms with Crippen molar-refractivity contribution >= 4 is 5.69 Å². The zero-order chi connectivity index (χ0) is 14.3. The Morgan fingerprint density at radius 2 is 2.11 bits per heavy atom. The summed E-state index contributed by atoms with van der Waals surface area (Å²) >= 11 is 0. The first-order valence-electron chi connectivity index (χ1n) is 6.50. The lowest BCUT2D eigenvalue weighted by Gasteiger charge is -2.21. The number of anilines is 1. The molecule has 1 rings (SSSR count). The third kappa shape index (κ3) is 7.00. The summed E-state index contributed by atoms with van der Waals surface area (Å²) in [5, 5.41) is 19.0. The summed E-state index contributed by atoms with van der Waals surface area (Å²) in [6.07, 6.45) is -0.192. The van der Waals surface area contributed by atoms with E-state index >= 15 is 0 Å². The Kier molecular flexibility index (Phi) is 6.62. The van der Waals surface area contributed by atoms with Crippen LogP contribution in [0.5, 0.6) is 5.75 Å². The lowest BCUT2D eigenvalue weighted by atomic mass is 10.2. The molecule has 2 unspecified atom stereocenters.